The highest BCUT2D eigenvalue weighted by Crippen LogP contribution is 2.47. The number of ketones is 1. The van der Waals surface area contributed by atoms with Gasteiger partial charge in [-0.25, -0.2) is 9.18 Å². The predicted molar refractivity (Wildman–Crippen MR) is 99.3 cm³/mol. The van der Waals surface area contributed by atoms with E-state index in [1.165, 1.54) is 6.07 Å². The number of fused-ring (bicyclic) bond motifs is 2. The van der Waals surface area contributed by atoms with Crippen molar-refractivity contribution in [2.75, 3.05) is 6.61 Å². The summed E-state index contributed by atoms with van der Waals surface area (Å²) in [7, 11) is 0. The molecule has 136 valence electrons. The fraction of sp³-hybridized carbons (Fsp3) is 0.182. The number of ether oxygens (including phenoxy) is 1. The number of carbonyl (C=O) groups excluding carboxylic acids is 2. The quantitative estimate of drug-likeness (QED) is 0.839. The van der Waals surface area contributed by atoms with Gasteiger partial charge in [0.25, 0.3) is 0 Å². The molecule has 1 atom stereocenters. The van der Waals surface area contributed by atoms with Crippen LogP contribution in [0.15, 0.2) is 65.4 Å². The van der Waals surface area contributed by atoms with Crippen molar-refractivity contribution in [3.05, 3.63) is 87.9 Å². The minimum atomic E-state index is -0.818. The lowest BCUT2D eigenvalue weighted by Gasteiger charge is -2.29. The van der Waals surface area contributed by atoms with Crippen LogP contribution in [0.25, 0.3) is 5.70 Å². The maximum Gasteiger partial charge on any atom is 0.336 e. The Labute approximate surface area is 156 Å². The van der Waals surface area contributed by atoms with Gasteiger partial charge in [-0.1, -0.05) is 42.5 Å². The molecule has 1 unspecified atom stereocenters. The van der Waals surface area contributed by atoms with Crippen molar-refractivity contribution in [1.82, 2.24) is 5.32 Å². The molecule has 1 N–H and O–H groups in total. The van der Waals surface area contributed by atoms with Crippen LogP contribution in [0.3, 0.4) is 0 Å². The van der Waals surface area contributed by atoms with Gasteiger partial charge in [-0.15, -0.1) is 0 Å². The summed E-state index contributed by atoms with van der Waals surface area (Å²) in [5.74, 6) is -2.03. The molecule has 0 bridgehead atoms. The molecule has 0 saturated carbocycles. The lowest BCUT2D eigenvalue weighted by molar-refractivity contribution is -0.138. The Morgan fingerprint density at radius 3 is 2.48 bits per heavy atom. The van der Waals surface area contributed by atoms with E-state index in [2.05, 4.69) is 5.32 Å². The van der Waals surface area contributed by atoms with Gasteiger partial charge in [0.2, 0.25) is 0 Å². The molecule has 4 rings (SSSR count). The normalized spacial score (nSPS) is 18.2. The molecule has 2 aromatic rings. The second-order valence-corrected chi connectivity index (χ2v) is 6.50. The van der Waals surface area contributed by atoms with Gasteiger partial charge >= 0.3 is 5.97 Å². The van der Waals surface area contributed by atoms with E-state index in [9.17, 15) is 14.0 Å². The molecule has 27 heavy (non-hydrogen) atoms. The maximum atomic E-state index is 14.7. The number of Topliss-reactive ketones (excluding diaryl/α,β-unsaturated/α-hetero) is 1. The number of rotatable bonds is 3. The zero-order valence-electron chi connectivity index (χ0n) is 15.0. The highest BCUT2D eigenvalue weighted by atomic mass is 19.1. The number of carbonyl (C=O) groups is 2. The van der Waals surface area contributed by atoms with Crippen LogP contribution in [-0.4, -0.2) is 18.4 Å². The van der Waals surface area contributed by atoms with Gasteiger partial charge in [0.15, 0.2) is 5.78 Å². The summed E-state index contributed by atoms with van der Waals surface area (Å²) < 4.78 is 19.9. The van der Waals surface area contributed by atoms with Gasteiger partial charge in [0.05, 0.1) is 23.8 Å². The average Bonchev–Trinajstić information content (AvgIpc) is 2.94. The lowest BCUT2D eigenvalue weighted by Crippen LogP contribution is -2.29. The fourth-order valence-electron chi connectivity index (χ4n) is 3.83. The summed E-state index contributed by atoms with van der Waals surface area (Å²) in [5.41, 5.74) is 3.45. The summed E-state index contributed by atoms with van der Waals surface area (Å²) in [5, 5.41) is 3.19. The average molecular weight is 363 g/mol. The van der Waals surface area contributed by atoms with Crippen molar-refractivity contribution < 1.29 is 18.7 Å². The highest BCUT2D eigenvalue weighted by molar-refractivity contribution is 6.23. The Hall–Kier alpha value is -3.21. The Morgan fingerprint density at radius 2 is 1.78 bits per heavy atom. The third-order valence-corrected chi connectivity index (χ3v) is 4.96. The molecule has 5 heteroatoms. The number of allylic oxidation sites excluding steroid dienone is 2. The number of hydrogen-bond donors (Lipinski definition) is 1. The zero-order chi connectivity index (χ0) is 19.1. The molecule has 0 amide bonds. The van der Waals surface area contributed by atoms with E-state index >= 15 is 0 Å². The van der Waals surface area contributed by atoms with E-state index in [4.69, 9.17) is 4.74 Å². The summed E-state index contributed by atoms with van der Waals surface area (Å²) in [6, 6.07) is 13.5. The van der Waals surface area contributed by atoms with Gasteiger partial charge in [-0.3, -0.25) is 4.79 Å². The topological polar surface area (TPSA) is 55.4 Å². The van der Waals surface area contributed by atoms with Crippen LogP contribution in [0, 0.1) is 5.82 Å². The van der Waals surface area contributed by atoms with Crippen LogP contribution in [0.4, 0.5) is 4.39 Å². The molecule has 0 radical (unpaired) electrons. The Bertz CT molecular complexity index is 1040. The van der Waals surface area contributed by atoms with Crippen LogP contribution in [0.1, 0.15) is 41.3 Å². The first-order valence-corrected chi connectivity index (χ1v) is 8.82. The first-order valence-electron chi connectivity index (χ1n) is 8.82. The van der Waals surface area contributed by atoms with Crippen LogP contribution < -0.4 is 5.32 Å². The van der Waals surface area contributed by atoms with Crippen molar-refractivity contribution in [2.24, 2.45) is 0 Å². The summed E-state index contributed by atoms with van der Waals surface area (Å²) in [4.78, 5) is 25.9. The van der Waals surface area contributed by atoms with Gasteiger partial charge in [0.1, 0.15) is 5.82 Å². The number of hydrogen-bond acceptors (Lipinski definition) is 4. The first kappa shape index (κ1) is 17.2. The first-order chi connectivity index (χ1) is 13.0. The van der Waals surface area contributed by atoms with Crippen molar-refractivity contribution in [3.63, 3.8) is 0 Å². The van der Waals surface area contributed by atoms with Crippen molar-refractivity contribution in [1.29, 1.82) is 0 Å². The molecule has 4 nitrogen and oxygen atoms in total. The number of esters is 1. The smallest absolute Gasteiger partial charge is 0.336 e. The number of dihydropyridines is 1. The van der Waals surface area contributed by atoms with E-state index in [0.29, 0.717) is 22.5 Å². The monoisotopic (exact) mass is 363 g/mol. The SMILES string of the molecule is CCOC(=O)C1=C(C)NC2=C(C(=O)c3ccccc32)C1c1ccccc1F. The number of halogens is 1. The largest absolute Gasteiger partial charge is 0.463 e. The standard InChI is InChI=1S/C22H18FNO3/c1-3-27-22(26)17-12(2)24-20-13-8-4-5-9-14(13)21(25)19(20)18(17)15-10-6-7-11-16(15)23/h4-11,18,24H,3H2,1-2H3. The Kier molecular flexibility index (Phi) is 4.15. The highest BCUT2D eigenvalue weighted by Gasteiger charge is 2.43. The maximum absolute atomic E-state index is 14.7. The van der Waals surface area contributed by atoms with Gasteiger partial charge < -0.3 is 10.1 Å². The number of nitrogens with one attached hydrogen (secondary N) is 1. The molecule has 0 saturated heterocycles. The molecule has 0 spiro atoms. The molecule has 2 aliphatic rings. The Morgan fingerprint density at radius 1 is 1.11 bits per heavy atom. The second-order valence-electron chi connectivity index (χ2n) is 6.50. The molecule has 2 aromatic carbocycles. The predicted octanol–water partition coefficient (Wildman–Crippen LogP) is 3.96. The summed E-state index contributed by atoms with van der Waals surface area (Å²) in [6.07, 6.45) is 0. The number of benzene rings is 2. The fourth-order valence-corrected chi connectivity index (χ4v) is 3.83. The van der Waals surface area contributed by atoms with Gasteiger partial charge in [-0.2, -0.15) is 0 Å². The molecule has 1 heterocycles. The van der Waals surface area contributed by atoms with E-state index in [0.717, 1.165) is 5.56 Å². The zero-order valence-corrected chi connectivity index (χ0v) is 15.0. The van der Waals surface area contributed by atoms with Crippen molar-refractivity contribution >= 4 is 17.4 Å². The minimum absolute atomic E-state index is 0.194. The van der Waals surface area contributed by atoms with Crippen molar-refractivity contribution in [3.8, 4) is 0 Å². The molecular formula is C22H18FNO3. The molecule has 1 aliphatic carbocycles. The second kappa shape index (κ2) is 6.50. The molecule has 0 fully saturated rings. The lowest BCUT2D eigenvalue weighted by atomic mass is 9.79. The molecule has 0 aromatic heterocycles. The molecular weight excluding hydrogens is 345 g/mol. The van der Waals surface area contributed by atoms with E-state index < -0.39 is 17.7 Å². The Balaban J connectivity index is 1.96. The van der Waals surface area contributed by atoms with E-state index in [1.54, 1.807) is 44.2 Å². The van der Waals surface area contributed by atoms with Crippen LogP contribution in [-0.2, 0) is 9.53 Å². The summed E-state index contributed by atoms with van der Waals surface area (Å²) in [6.45, 7) is 3.65. The third kappa shape index (κ3) is 2.58. The minimum Gasteiger partial charge on any atom is -0.463 e. The van der Waals surface area contributed by atoms with Gasteiger partial charge in [0, 0.05) is 28.0 Å². The summed E-state index contributed by atoms with van der Waals surface area (Å²) >= 11 is 0. The third-order valence-electron chi connectivity index (χ3n) is 4.96. The molecule has 1 aliphatic heterocycles. The van der Waals surface area contributed by atoms with Crippen LogP contribution in [0.2, 0.25) is 0 Å². The van der Waals surface area contributed by atoms with Crippen LogP contribution >= 0.6 is 0 Å². The van der Waals surface area contributed by atoms with E-state index in [-0.39, 0.29) is 23.5 Å². The van der Waals surface area contributed by atoms with Crippen molar-refractivity contribution in [2.45, 2.75) is 19.8 Å². The van der Waals surface area contributed by atoms with Crippen LogP contribution in [0.5, 0.6) is 0 Å². The van der Waals surface area contributed by atoms with Gasteiger partial charge in [-0.05, 0) is 19.9 Å². The van der Waals surface area contributed by atoms with E-state index in [1.807, 2.05) is 12.1 Å².